The van der Waals surface area contributed by atoms with Crippen molar-refractivity contribution in [2.24, 2.45) is 0 Å². The van der Waals surface area contributed by atoms with Gasteiger partial charge in [0.05, 0.1) is 0 Å². The molecule has 3 nitrogen and oxygen atoms in total. The molecule has 1 N–H and O–H groups in total. The number of fused-ring (bicyclic) bond motifs is 1. The summed E-state index contributed by atoms with van der Waals surface area (Å²) in [6, 6.07) is 0. The molecule has 0 fully saturated rings. The summed E-state index contributed by atoms with van der Waals surface area (Å²) in [6.07, 6.45) is 3.49. The largest absolute Gasteiger partial charge is 0.370 e. The summed E-state index contributed by atoms with van der Waals surface area (Å²) in [5.74, 6) is 1.94. The first-order valence-corrected chi connectivity index (χ1v) is 4.91. The van der Waals surface area contributed by atoms with E-state index < -0.39 is 0 Å². The van der Waals surface area contributed by atoms with Gasteiger partial charge >= 0.3 is 0 Å². The van der Waals surface area contributed by atoms with E-state index in [1.165, 1.54) is 17.7 Å². The molecule has 0 aromatic carbocycles. The van der Waals surface area contributed by atoms with Gasteiger partial charge in [-0.15, -0.1) is 0 Å². The molecule has 0 spiro atoms. The maximum absolute atomic E-state index is 4.45. The smallest absolute Gasteiger partial charge is 0.133 e. The van der Waals surface area contributed by atoms with Crippen LogP contribution in [0.25, 0.3) is 0 Å². The lowest BCUT2D eigenvalue weighted by Crippen LogP contribution is -2.06. The standard InChI is InChI=1S/C10H15N3/c1-3-11-10-8-5-4-6-9(8)12-7(2)13-10/h3-6H2,1-2H3,(H,11,12,13). The molecule has 0 saturated carbocycles. The Kier molecular flexibility index (Phi) is 2.17. The average Bonchev–Trinajstić information content (AvgIpc) is 2.52. The Balaban J connectivity index is 2.43. The maximum Gasteiger partial charge on any atom is 0.133 e. The second-order valence-electron chi connectivity index (χ2n) is 3.43. The molecule has 0 amide bonds. The Morgan fingerprint density at radius 1 is 1.31 bits per heavy atom. The summed E-state index contributed by atoms with van der Waals surface area (Å²) in [5, 5.41) is 3.30. The summed E-state index contributed by atoms with van der Waals surface area (Å²) < 4.78 is 0. The van der Waals surface area contributed by atoms with Gasteiger partial charge in [0, 0.05) is 17.8 Å². The van der Waals surface area contributed by atoms with E-state index >= 15 is 0 Å². The molecular weight excluding hydrogens is 162 g/mol. The van der Waals surface area contributed by atoms with Crippen LogP contribution in [0.2, 0.25) is 0 Å². The van der Waals surface area contributed by atoms with Crippen molar-refractivity contribution in [2.45, 2.75) is 33.1 Å². The van der Waals surface area contributed by atoms with Crippen LogP contribution < -0.4 is 5.32 Å². The summed E-state index contributed by atoms with van der Waals surface area (Å²) in [4.78, 5) is 8.86. The SMILES string of the molecule is CCNc1nc(C)nc2c1CCC2. The summed E-state index contributed by atoms with van der Waals surface area (Å²) in [7, 11) is 0. The van der Waals surface area contributed by atoms with Crippen molar-refractivity contribution in [3.8, 4) is 0 Å². The van der Waals surface area contributed by atoms with Crippen LogP contribution in [0.5, 0.6) is 0 Å². The quantitative estimate of drug-likeness (QED) is 0.747. The van der Waals surface area contributed by atoms with Crippen LogP contribution in [0.4, 0.5) is 5.82 Å². The average molecular weight is 177 g/mol. The highest BCUT2D eigenvalue weighted by atomic mass is 15.0. The van der Waals surface area contributed by atoms with E-state index in [1.54, 1.807) is 0 Å². The summed E-state index contributed by atoms with van der Waals surface area (Å²) in [6.45, 7) is 4.99. The molecule has 0 aliphatic heterocycles. The highest BCUT2D eigenvalue weighted by molar-refractivity contribution is 5.48. The summed E-state index contributed by atoms with van der Waals surface area (Å²) >= 11 is 0. The molecular formula is C10H15N3. The van der Waals surface area contributed by atoms with Crippen LogP contribution in [0.15, 0.2) is 0 Å². The third-order valence-electron chi connectivity index (χ3n) is 2.39. The Morgan fingerprint density at radius 3 is 2.92 bits per heavy atom. The predicted octanol–water partition coefficient (Wildman–Crippen LogP) is 1.71. The van der Waals surface area contributed by atoms with Crippen molar-refractivity contribution in [1.82, 2.24) is 9.97 Å². The van der Waals surface area contributed by atoms with Gasteiger partial charge in [0.1, 0.15) is 11.6 Å². The molecule has 70 valence electrons. The molecule has 0 bridgehead atoms. The number of rotatable bonds is 2. The fourth-order valence-electron chi connectivity index (χ4n) is 1.87. The third kappa shape index (κ3) is 1.50. The molecule has 0 atom stereocenters. The van der Waals surface area contributed by atoms with Crippen molar-refractivity contribution < 1.29 is 0 Å². The Labute approximate surface area is 78.6 Å². The van der Waals surface area contributed by atoms with Crippen LogP contribution in [-0.2, 0) is 12.8 Å². The fraction of sp³-hybridized carbons (Fsp3) is 0.600. The molecule has 1 heterocycles. The van der Waals surface area contributed by atoms with Gasteiger partial charge < -0.3 is 5.32 Å². The lowest BCUT2D eigenvalue weighted by molar-refractivity contribution is 0.895. The van der Waals surface area contributed by atoms with Crippen LogP contribution in [0.1, 0.15) is 30.4 Å². The molecule has 0 unspecified atom stereocenters. The molecule has 1 aliphatic carbocycles. The number of hydrogen-bond acceptors (Lipinski definition) is 3. The zero-order valence-corrected chi connectivity index (χ0v) is 8.22. The van der Waals surface area contributed by atoms with E-state index in [0.717, 1.165) is 31.0 Å². The zero-order chi connectivity index (χ0) is 9.26. The van der Waals surface area contributed by atoms with Crippen molar-refractivity contribution in [3.05, 3.63) is 17.1 Å². The Bertz CT molecular complexity index is 320. The second-order valence-corrected chi connectivity index (χ2v) is 3.43. The Hall–Kier alpha value is -1.12. The molecule has 2 rings (SSSR count). The van der Waals surface area contributed by atoms with Gasteiger partial charge in [-0.05, 0) is 33.1 Å². The van der Waals surface area contributed by atoms with E-state index in [1.807, 2.05) is 6.92 Å². The first kappa shape index (κ1) is 8.48. The molecule has 3 heteroatoms. The van der Waals surface area contributed by atoms with Gasteiger partial charge in [-0.25, -0.2) is 9.97 Å². The Morgan fingerprint density at radius 2 is 2.15 bits per heavy atom. The monoisotopic (exact) mass is 177 g/mol. The summed E-state index contributed by atoms with van der Waals surface area (Å²) in [5.41, 5.74) is 2.59. The second kappa shape index (κ2) is 3.32. The number of nitrogens with zero attached hydrogens (tertiary/aromatic N) is 2. The maximum atomic E-state index is 4.45. The molecule has 1 aromatic rings. The molecule has 0 saturated heterocycles. The minimum Gasteiger partial charge on any atom is -0.370 e. The zero-order valence-electron chi connectivity index (χ0n) is 8.22. The number of anilines is 1. The van der Waals surface area contributed by atoms with Gasteiger partial charge in [-0.1, -0.05) is 0 Å². The number of nitrogens with one attached hydrogen (secondary N) is 1. The third-order valence-corrected chi connectivity index (χ3v) is 2.39. The molecule has 13 heavy (non-hydrogen) atoms. The lowest BCUT2D eigenvalue weighted by atomic mass is 10.2. The van der Waals surface area contributed by atoms with E-state index in [2.05, 4.69) is 22.2 Å². The van der Waals surface area contributed by atoms with Crippen molar-refractivity contribution >= 4 is 5.82 Å². The fourth-order valence-corrected chi connectivity index (χ4v) is 1.87. The van der Waals surface area contributed by atoms with Crippen molar-refractivity contribution in [1.29, 1.82) is 0 Å². The van der Waals surface area contributed by atoms with E-state index in [-0.39, 0.29) is 0 Å². The van der Waals surface area contributed by atoms with Gasteiger partial charge in [-0.3, -0.25) is 0 Å². The van der Waals surface area contributed by atoms with Crippen molar-refractivity contribution in [3.63, 3.8) is 0 Å². The van der Waals surface area contributed by atoms with Crippen molar-refractivity contribution in [2.75, 3.05) is 11.9 Å². The van der Waals surface area contributed by atoms with E-state index in [0.29, 0.717) is 0 Å². The van der Waals surface area contributed by atoms with Gasteiger partial charge in [0.15, 0.2) is 0 Å². The number of hydrogen-bond donors (Lipinski definition) is 1. The van der Waals surface area contributed by atoms with Crippen LogP contribution in [0.3, 0.4) is 0 Å². The molecule has 0 radical (unpaired) electrons. The minimum atomic E-state index is 0.886. The normalized spacial score (nSPS) is 14.3. The van der Waals surface area contributed by atoms with Crippen LogP contribution in [-0.4, -0.2) is 16.5 Å². The lowest BCUT2D eigenvalue weighted by Gasteiger charge is -2.08. The number of aromatic nitrogens is 2. The number of aryl methyl sites for hydroxylation is 2. The van der Waals surface area contributed by atoms with Crippen LogP contribution >= 0.6 is 0 Å². The first-order valence-electron chi connectivity index (χ1n) is 4.91. The van der Waals surface area contributed by atoms with Gasteiger partial charge in [-0.2, -0.15) is 0 Å². The molecule has 1 aromatic heterocycles. The minimum absolute atomic E-state index is 0.886. The van der Waals surface area contributed by atoms with Crippen LogP contribution in [0, 0.1) is 6.92 Å². The highest BCUT2D eigenvalue weighted by Gasteiger charge is 2.17. The van der Waals surface area contributed by atoms with Gasteiger partial charge in [0.2, 0.25) is 0 Å². The van der Waals surface area contributed by atoms with Gasteiger partial charge in [0.25, 0.3) is 0 Å². The first-order chi connectivity index (χ1) is 6.31. The predicted molar refractivity (Wildman–Crippen MR) is 53.0 cm³/mol. The van der Waals surface area contributed by atoms with E-state index in [9.17, 15) is 0 Å². The topological polar surface area (TPSA) is 37.8 Å². The highest BCUT2D eigenvalue weighted by Crippen LogP contribution is 2.25. The van der Waals surface area contributed by atoms with E-state index in [4.69, 9.17) is 0 Å². The molecule has 1 aliphatic rings.